The molecule has 0 aromatic heterocycles. The summed E-state index contributed by atoms with van der Waals surface area (Å²) in [5.74, 6) is 0.877. The molecule has 3 atom stereocenters. The third kappa shape index (κ3) is 2.24. The number of carbonyl (C=O) groups is 1. The van der Waals surface area contributed by atoms with Crippen molar-refractivity contribution in [3.05, 3.63) is 35.9 Å². The van der Waals surface area contributed by atoms with Crippen LogP contribution in [0.3, 0.4) is 0 Å². The van der Waals surface area contributed by atoms with Crippen molar-refractivity contribution in [3.8, 4) is 6.07 Å². The Balaban J connectivity index is 1.58. The van der Waals surface area contributed by atoms with Gasteiger partial charge in [0.1, 0.15) is 6.04 Å². The first-order valence-corrected chi connectivity index (χ1v) is 6.54. The molecule has 2 aliphatic carbocycles. The molecular weight excluding hydrogens is 224 g/mol. The molecule has 3 unspecified atom stereocenters. The number of benzene rings is 1. The second kappa shape index (κ2) is 4.45. The van der Waals surface area contributed by atoms with Crippen LogP contribution in [0.2, 0.25) is 0 Å². The lowest BCUT2D eigenvalue weighted by atomic mass is 10.1. The topological polar surface area (TPSA) is 52.9 Å². The summed E-state index contributed by atoms with van der Waals surface area (Å²) in [6, 6.07) is 12.1. The van der Waals surface area contributed by atoms with Crippen LogP contribution in [0.15, 0.2) is 30.3 Å². The van der Waals surface area contributed by atoms with Crippen LogP contribution in [-0.2, 0) is 4.79 Å². The van der Waals surface area contributed by atoms with Gasteiger partial charge in [0.15, 0.2) is 0 Å². The third-order valence-corrected chi connectivity index (χ3v) is 3.89. The predicted octanol–water partition coefficient (Wildman–Crippen LogP) is 2.21. The number of rotatable bonds is 4. The van der Waals surface area contributed by atoms with Crippen LogP contribution in [0.25, 0.3) is 0 Å². The minimum absolute atomic E-state index is 0.0577. The molecule has 2 fully saturated rings. The average molecular weight is 240 g/mol. The zero-order valence-electron chi connectivity index (χ0n) is 10.2. The number of nitriles is 1. The summed E-state index contributed by atoms with van der Waals surface area (Å²) in [7, 11) is 0. The minimum Gasteiger partial charge on any atom is -0.340 e. The number of hydrogen-bond donors (Lipinski definition) is 1. The van der Waals surface area contributed by atoms with Crippen LogP contribution in [0.1, 0.15) is 30.7 Å². The van der Waals surface area contributed by atoms with Crippen LogP contribution in [-0.4, -0.2) is 11.9 Å². The highest BCUT2D eigenvalue weighted by atomic mass is 16.2. The SMILES string of the molecule is N#CC(NC(=O)C1CC1c1ccccc1)C1CC1. The van der Waals surface area contributed by atoms with Gasteiger partial charge in [0.2, 0.25) is 5.91 Å². The van der Waals surface area contributed by atoms with Gasteiger partial charge in [-0.05, 0) is 36.7 Å². The highest BCUT2D eigenvalue weighted by molar-refractivity contribution is 5.83. The number of carbonyl (C=O) groups excluding carboxylic acids is 1. The Morgan fingerprint density at radius 3 is 2.67 bits per heavy atom. The summed E-state index contributed by atoms with van der Waals surface area (Å²) in [6.07, 6.45) is 3.06. The summed E-state index contributed by atoms with van der Waals surface area (Å²) < 4.78 is 0. The fourth-order valence-electron chi connectivity index (χ4n) is 2.50. The van der Waals surface area contributed by atoms with E-state index in [-0.39, 0.29) is 17.9 Å². The van der Waals surface area contributed by atoms with E-state index in [9.17, 15) is 4.79 Å². The van der Waals surface area contributed by atoms with Crippen molar-refractivity contribution < 1.29 is 4.79 Å². The normalized spacial score (nSPS) is 27.1. The fraction of sp³-hybridized carbons (Fsp3) is 0.467. The zero-order chi connectivity index (χ0) is 12.5. The molecule has 2 aliphatic rings. The Hall–Kier alpha value is -1.82. The van der Waals surface area contributed by atoms with Gasteiger partial charge in [-0.2, -0.15) is 5.26 Å². The Bertz CT molecular complexity index is 487. The zero-order valence-corrected chi connectivity index (χ0v) is 10.2. The Labute approximate surface area is 107 Å². The van der Waals surface area contributed by atoms with E-state index >= 15 is 0 Å². The molecule has 3 rings (SSSR count). The third-order valence-electron chi connectivity index (χ3n) is 3.89. The van der Waals surface area contributed by atoms with E-state index in [1.165, 1.54) is 5.56 Å². The van der Waals surface area contributed by atoms with E-state index < -0.39 is 0 Å². The van der Waals surface area contributed by atoms with Crippen molar-refractivity contribution in [1.29, 1.82) is 5.26 Å². The number of amides is 1. The summed E-state index contributed by atoms with van der Waals surface area (Å²) in [4.78, 5) is 12.0. The van der Waals surface area contributed by atoms with Gasteiger partial charge < -0.3 is 5.32 Å². The Morgan fingerprint density at radius 1 is 1.33 bits per heavy atom. The van der Waals surface area contributed by atoms with Crippen molar-refractivity contribution in [2.24, 2.45) is 11.8 Å². The summed E-state index contributed by atoms with van der Waals surface area (Å²) in [5, 5.41) is 11.9. The van der Waals surface area contributed by atoms with Crippen molar-refractivity contribution in [3.63, 3.8) is 0 Å². The maximum atomic E-state index is 12.0. The monoisotopic (exact) mass is 240 g/mol. The summed E-state index contributed by atoms with van der Waals surface area (Å²) in [5.41, 5.74) is 1.23. The maximum absolute atomic E-state index is 12.0. The van der Waals surface area contributed by atoms with E-state index in [4.69, 9.17) is 5.26 Å². The smallest absolute Gasteiger partial charge is 0.224 e. The van der Waals surface area contributed by atoms with Crippen LogP contribution in [0.4, 0.5) is 0 Å². The van der Waals surface area contributed by atoms with Crippen LogP contribution in [0, 0.1) is 23.2 Å². The number of hydrogen-bond acceptors (Lipinski definition) is 2. The summed E-state index contributed by atoms with van der Waals surface area (Å²) >= 11 is 0. The highest BCUT2D eigenvalue weighted by Crippen LogP contribution is 2.47. The molecule has 1 aromatic rings. The minimum atomic E-state index is -0.269. The molecule has 0 bridgehead atoms. The lowest BCUT2D eigenvalue weighted by Crippen LogP contribution is -2.36. The molecule has 0 radical (unpaired) electrons. The molecule has 1 aromatic carbocycles. The molecule has 0 saturated heterocycles. The van der Waals surface area contributed by atoms with Crippen molar-refractivity contribution in [2.45, 2.75) is 31.2 Å². The molecule has 92 valence electrons. The van der Waals surface area contributed by atoms with Gasteiger partial charge in [0.25, 0.3) is 0 Å². The molecule has 0 heterocycles. The van der Waals surface area contributed by atoms with Crippen molar-refractivity contribution >= 4 is 5.91 Å². The first kappa shape index (κ1) is 11.3. The second-order valence-corrected chi connectivity index (χ2v) is 5.31. The largest absolute Gasteiger partial charge is 0.340 e. The molecule has 3 nitrogen and oxygen atoms in total. The molecule has 2 saturated carbocycles. The molecule has 1 N–H and O–H groups in total. The standard InChI is InChI=1S/C15H16N2O/c16-9-14(11-6-7-11)17-15(18)13-8-12(13)10-4-2-1-3-5-10/h1-5,11-14H,6-8H2,(H,17,18). The number of nitrogens with zero attached hydrogens (tertiary/aromatic N) is 1. The summed E-state index contributed by atoms with van der Waals surface area (Å²) in [6.45, 7) is 0. The van der Waals surface area contributed by atoms with Gasteiger partial charge in [-0.1, -0.05) is 30.3 Å². The maximum Gasteiger partial charge on any atom is 0.224 e. The van der Waals surface area contributed by atoms with E-state index in [0.717, 1.165) is 19.3 Å². The van der Waals surface area contributed by atoms with Gasteiger partial charge in [-0.25, -0.2) is 0 Å². The van der Waals surface area contributed by atoms with E-state index in [2.05, 4.69) is 23.5 Å². The van der Waals surface area contributed by atoms with Gasteiger partial charge in [-0.3, -0.25) is 4.79 Å². The van der Waals surface area contributed by atoms with Crippen LogP contribution < -0.4 is 5.32 Å². The molecule has 3 heteroatoms. The Kier molecular flexibility index (Phi) is 2.79. The van der Waals surface area contributed by atoms with Gasteiger partial charge in [0.05, 0.1) is 6.07 Å². The van der Waals surface area contributed by atoms with Gasteiger partial charge >= 0.3 is 0 Å². The fourth-order valence-corrected chi connectivity index (χ4v) is 2.50. The molecule has 18 heavy (non-hydrogen) atoms. The quantitative estimate of drug-likeness (QED) is 0.877. The second-order valence-electron chi connectivity index (χ2n) is 5.31. The van der Waals surface area contributed by atoms with Crippen LogP contribution in [0.5, 0.6) is 0 Å². The van der Waals surface area contributed by atoms with Crippen molar-refractivity contribution in [2.75, 3.05) is 0 Å². The van der Waals surface area contributed by atoms with Gasteiger partial charge in [0, 0.05) is 5.92 Å². The molecular formula is C15H16N2O. The average Bonchev–Trinajstić information content (AvgIpc) is 3.29. The lowest BCUT2D eigenvalue weighted by molar-refractivity contribution is -0.122. The molecule has 1 amide bonds. The van der Waals surface area contributed by atoms with E-state index in [0.29, 0.717) is 11.8 Å². The molecule has 0 aliphatic heterocycles. The lowest BCUT2D eigenvalue weighted by Gasteiger charge is -2.10. The number of nitrogens with one attached hydrogen (secondary N) is 1. The highest BCUT2D eigenvalue weighted by Gasteiger charge is 2.45. The first-order chi connectivity index (χ1) is 8.79. The van der Waals surface area contributed by atoms with E-state index in [1.807, 2.05) is 18.2 Å². The first-order valence-electron chi connectivity index (χ1n) is 6.54. The van der Waals surface area contributed by atoms with Crippen molar-refractivity contribution in [1.82, 2.24) is 5.32 Å². The molecule has 0 spiro atoms. The van der Waals surface area contributed by atoms with Gasteiger partial charge in [-0.15, -0.1) is 0 Å². The van der Waals surface area contributed by atoms with E-state index in [1.54, 1.807) is 0 Å². The Morgan fingerprint density at radius 2 is 2.06 bits per heavy atom. The predicted molar refractivity (Wildman–Crippen MR) is 67.6 cm³/mol. The van der Waals surface area contributed by atoms with Crippen LogP contribution >= 0.6 is 0 Å².